The zero-order valence-corrected chi connectivity index (χ0v) is 36.9. The number of ketones is 1. The Morgan fingerprint density at radius 3 is 1.72 bits per heavy atom. The molecule has 0 amide bonds. The summed E-state index contributed by atoms with van der Waals surface area (Å²) in [4.78, 5) is 46.7. The largest absolute Gasteiger partial charge is 0.472 e. The molecule has 0 aliphatic rings. The van der Waals surface area contributed by atoms with Crippen molar-refractivity contribution in [2.24, 2.45) is 0 Å². The third-order valence-electron chi connectivity index (χ3n) is 9.12. The summed E-state index contributed by atoms with van der Waals surface area (Å²) in [5.74, 6) is -0.877. The molecule has 0 saturated carbocycles. The lowest BCUT2D eigenvalue weighted by Crippen LogP contribution is -2.29. The smallest absolute Gasteiger partial charge is 0.462 e. The highest BCUT2D eigenvalue weighted by Crippen LogP contribution is 2.43. The summed E-state index contributed by atoms with van der Waals surface area (Å²) in [5.41, 5.74) is 0. The summed E-state index contributed by atoms with van der Waals surface area (Å²) >= 11 is 0. The molecule has 0 aromatic carbocycles. The number of aliphatic hydroxyl groups is 2. The van der Waals surface area contributed by atoms with Crippen LogP contribution >= 0.6 is 7.82 Å². The van der Waals surface area contributed by atoms with Gasteiger partial charge in [0, 0.05) is 19.3 Å². The molecular weight excluding hydrogens is 759 g/mol. The van der Waals surface area contributed by atoms with Gasteiger partial charge in [0.15, 0.2) is 11.9 Å². The standard InChI is InChI=1S/C46H79O11P/c1-3-5-7-8-9-10-11-12-13-14-15-16-19-22-25-28-32-36-45(50)54-40-44(41-56-58(52,53)55-39-43(49)38-47)57-46(51)37-33-29-26-23-20-17-18-21-24-27-31-35-42(48)34-30-6-4-2/h12-13,17-18,23-24,26-27,31,35,43-44,47,49H,3-11,14-16,19-22,25,28-30,32-34,36-41H2,1-2H3,(H,52,53)/b13-12-,18-17-,26-23-,27-24-,35-31+/t43-,44+/m0/s1. The van der Waals surface area contributed by atoms with Crippen LogP contribution in [0.3, 0.4) is 0 Å². The first-order valence-electron chi connectivity index (χ1n) is 22.2. The normalized spacial score (nSPS) is 14.3. The SMILES string of the molecule is CCCCCCCC/C=C\CCCCCCCCCC(=O)OC[C@H](COP(=O)(O)OC[C@@H](O)CO)OC(=O)CCC/C=C\C/C=C\C/C=C\C=C\C(=O)CCCCC. The van der Waals surface area contributed by atoms with Gasteiger partial charge in [-0.25, -0.2) is 4.57 Å². The van der Waals surface area contributed by atoms with Gasteiger partial charge in [0.05, 0.1) is 19.8 Å². The van der Waals surface area contributed by atoms with E-state index in [2.05, 4.69) is 30.5 Å². The lowest BCUT2D eigenvalue weighted by atomic mass is 10.1. The Labute approximate surface area is 351 Å². The molecule has 58 heavy (non-hydrogen) atoms. The van der Waals surface area contributed by atoms with Gasteiger partial charge in [0.25, 0.3) is 0 Å². The quantitative estimate of drug-likeness (QED) is 0.0134. The lowest BCUT2D eigenvalue weighted by Gasteiger charge is -2.20. The summed E-state index contributed by atoms with van der Waals surface area (Å²) in [6.07, 6.45) is 41.7. The number of aliphatic hydroxyl groups excluding tert-OH is 2. The minimum atomic E-state index is -4.65. The van der Waals surface area contributed by atoms with E-state index in [9.17, 15) is 28.9 Å². The molecule has 0 radical (unpaired) electrons. The van der Waals surface area contributed by atoms with Crippen molar-refractivity contribution < 1.29 is 52.6 Å². The number of rotatable bonds is 41. The fraction of sp³-hybridized carbons (Fsp3) is 0.717. The first-order valence-corrected chi connectivity index (χ1v) is 23.7. The molecule has 11 nitrogen and oxygen atoms in total. The molecule has 334 valence electrons. The lowest BCUT2D eigenvalue weighted by molar-refractivity contribution is -0.161. The van der Waals surface area contributed by atoms with E-state index in [1.165, 1.54) is 64.2 Å². The number of carbonyl (C=O) groups is 3. The van der Waals surface area contributed by atoms with E-state index < -0.39 is 51.8 Å². The summed E-state index contributed by atoms with van der Waals surface area (Å²) in [5, 5.41) is 18.3. The van der Waals surface area contributed by atoms with Crippen molar-refractivity contribution in [2.75, 3.05) is 26.4 Å². The van der Waals surface area contributed by atoms with E-state index >= 15 is 0 Å². The summed E-state index contributed by atoms with van der Waals surface area (Å²) in [6.45, 7) is 2.12. The number of esters is 2. The van der Waals surface area contributed by atoms with Crippen LogP contribution in [-0.2, 0) is 37.5 Å². The van der Waals surface area contributed by atoms with Crippen molar-refractivity contribution in [3.8, 4) is 0 Å². The number of allylic oxidation sites excluding steroid dienone is 10. The van der Waals surface area contributed by atoms with E-state index in [0.717, 1.165) is 57.8 Å². The van der Waals surface area contributed by atoms with Crippen LogP contribution in [0.4, 0.5) is 0 Å². The molecular formula is C46H79O11P. The molecule has 0 fully saturated rings. The first kappa shape index (κ1) is 55.3. The van der Waals surface area contributed by atoms with Crippen molar-refractivity contribution in [3.05, 3.63) is 60.8 Å². The van der Waals surface area contributed by atoms with Crippen molar-refractivity contribution >= 4 is 25.5 Å². The van der Waals surface area contributed by atoms with E-state index in [1.54, 1.807) is 12.2 Å². The second-order valence-corrected chi connectivity index (χ2v) is 16.2. The van der Waals surface area contributed by atoms with Crippen LogP contribution in [0, 0.1) is 0 Å². The number of hydrogen-bond acceptors (Lipinski definition) is 10. The Balaban J connectivity index is 4.43. The van der Waals surface area contributed by atoms with Crippen molar-refractivity contribution in [2.45, 2.75) is 187 Å². The molecule has 0 aliphatic carbocycles. The van der Waals surface area contributed by atoms with Crippen LogP contribution in [0.25, 0.3) is 0 Å². The summed E-state index contributed by atoms with van der Waals surface area (Å²) in [7, 11) is -4.65. The number of phosphoric ester groups is 1. The van der Waals surface area contributed by atoms with Crippen LogP contribution in [0.5, 0.6) is 0 Å². The second kappa shape index (κ2) is 41.1. The molecule has 3 N–H and O–H groups in total. The van der Waals surface area contributed by atoms with Gasteiger partial charge >= 0.3 is 19.8 Å². The number of carbonyl (C=O) groups excluding carboxylic acids is 3. The fourth-order valence-corrected chi connectivity index (χ4v) is 6.43. The molecule has 1 unspecified atom stereocenters. The zero-order chi connectivity index (χ0) is 42.8. The van der Waals surface area contributed by atoms with E-state index in [4.69, 9.17) is 19.1 Å². The summed E-state index contributed by atoms with van der Waals surface area (Å²) in [6, 6.07) is 0. The molecule has 0 aromatic rings. The van der Waals surface area contributed by atoms with Crippen LogP contribution in [0.2, 0.25) is 0 Å². The molecule has 0 saturated heterocycles. The monoisotopic (exact) mass is 839 g/mol. The Hall–Kier alpha value is -2.66. The van der Waals surface area contributed by atoms with Crippen LogP contribution in [0.1, 0.15) is 174 Å². The summed E-state index contributed by atoms with van der Waals surface area (Å²) < 4.78 is 32.6. The highest BCUT2D eigenvalue weighted by Gasteiger charge is 2.27. The van der Waals surface area contributed by atoms with Crippen molar-refractivity contribution in [1.82, 2.24) is 0 Å². The van der Waals surface area contributed by atoms with Gasteiger partial charge < -0.3 is 24.6 Å². The third kappa shape index (κ3) is 40.1. The van der Waals surface area contributed by atoms with Gasteiger partial charge in [-0.15, -0.1) is 0 Å². The topological polar surface area (TPSA) is 166 Å². The predicted octanol–water partition coefficient (Wildman–Crippen LogP) is 11.1. The molecule has 3 atom stereocenters. The third-order valence-corrected chi connectivity index (χ3v) is 10.1. The number of ether oxygens (including phenoxy) is 2. The van der Waals surface area contributed by atoms with E-state index in [0.29, 0.717) is 25.7 Å². The molecule has 0 bridgehead atoms. The molecule has 12 heteroatoms. The van der Waals surface area contributed by atoms with E-state index in [-0.39, 0.29) is 25.2 Å². The zero-order valence-electron chi connectivity index (χ0n) is 36.0. The maximum Gasteiger partial charge on any atom is 0.472 e. The predicted molar refractivity (Wildman–Crippen MR) is 233 cm³/mol. The fourth-order valence-electron chi connectivity index (χ4n) is 5.64. The van der Waals surface area contributed by atoms with Gasteiger partial charge in [0.2, 0.25) is 0 Å². The number of phosphoric acid groups is 1. The average molecular weight is 839 g/mol. The molecule has 0 spiro atoms. The molecule has 0 aromatic heterocycles. The average Bonchev–Trinajstić information content (AvgIpc) is 3.20. The molecule has 0 heterocycles. The van der Waals surface area contributed by atoms with E-state index in [1.807, 2.05) is 36.5 Å². The minimum absolute atomic E-state index is 0.0793. The Bertz CT molecular complexity index is 1210. The van der Waals surface area contributed by atoms with Crippen LogP contribution < -0.4 is 0 Å². The van der Waals surface area contributed by atoms with Gasteiger partial charge in [-0.3, -0.25) is 23.4 Å². The van der Waals surface area contributed by atoms with Crippen molar-refractivity contribution in [1.29, 1.82) is 0 Å². The Morgan fingerprint density at radius 1 is 0.569 bits per heavy atom. The van der Waals surface area contributed by atoms with Gasteiger partial charge in [-0.05, 0) is 70.3 Å². The minimum Gasteiger partial charge on any atom is -0.462 e. The second-order valence-electron chi connectivity index (χ2n) is 14.7. The van der Waals surface area contributed by atoms with Crippen LogP contribution in [-0.4, -0.2) is 71.5 Å². The Kier molecular flexibility index (Phi) is 39.2. The van der Waals surface area contributed by atoms with Gasteiger partial charge in [-0.1, -0.05) is 146 Å². The highest BCUT2D eigenvalue weighted by molar-refractivity contribution is 7.47. The van der Waals surface area contributed by atoms with Crippen molar-refractivity contribution in [3.63, 3.8) is 0 Å². The molecule has 0 aliphatic heterocycles. The van der Waals surface area contributed by atoms with Gasteiger partial charge in [0.1, 0.15) is 12.7 Å². The maximum atomic E-state index is 12.6. The Morgan fingerprint density at radius 2 is 1.07 bits per heavy atom. The van der Waals surface area contributed by atoms with Crippen LogP contribution in [0.15, 0.2) is 60.8 Å². The maximum absolute atomic E-state index is 12.6. The first-order chi connectivity index (χ1) is 28.1. The number of unbranched alkanes of at least 4 members (excludes halogenated alkanes) is 16. The molecule has 0 rings (SSSR count). The number of hydrogen-bond donors (Lipinski definition) is 3. The highest BCUT2D eigenvalue weighted by atomic mass is 31.2. The van der Waals surface area contributed by atoms with Gasteiger partial charge in [-0.2, -0.15) is 0 Å².